The van der Waals surface area contributed by atoms with E-state index in [1.54, 1.807) is 12.1 Å². The quantitative estimate of drug-likeness (QED) is 0.368. The highest BCUT2D eigenvalue weighted by Gasteiger charge is 2.14. The molecule has 2 aromatic heterocycles. The van der Waals surface area contributed by atoms with Gasteiger partial charge in [-0.1, -0.05) is 29.8 Å². The third kappa shape index (κ3) is 6.67. The van der Waals surface area contributed by atoms with Gasteiger partial charge in [0.15, 0.2) is 0 Å². The molecule has 1 saturated heterocycles. The van der Waals surface area contributed by atoms with E-state index in [0.29, 0.717) is 35.5 Å². The van der Waals surface area contributed by atoms with E-state index in [9.17, 15) is 10.1 Å². The second-order valence-corrected chi connectivity index (χ2v) is 8.29. The molecule has 5 N–H and O–H groups in total. The predicted octanol–water partition coefficient (Wildman–Crippen LogP) is 3.35. The second kappa shape index (κ2) is 12.7. The number of nitrogens with zero attached hydrogens (tertiary/aromatic N) is 3. The Bertz CT molecular complexity index is 1260. The van der Waals surface area contributed by atoms with Crippen molar-refractivity contribution in [1.82, 2.24) is 9.55 Å². The van der Waals surface area contributed by atoms with Gasteiger partial charge >= 0.3 is 0 Å². The highest BCUT2D eigenvalue weighted by molar-refractivity contribution is 6.31. The number of hydrogen-bond acceptors (Lipinski definition) is 8. The third-order valence-corrected chi connectivity index (χ3v) is 5.91. The van der Waals surface area contributed by atoms with Gasteiger partial charge in [-0.15, -0.1) is 0 Å². The summed E-state index contributed by atoms with van der Waals surface area (Å²) < 4.78 is 6.37. The zero-order valence-electron chi connectivity index (χ0n) is 19.1. The molecule has 0 radical (unpaired) electrons. The molecule has 9 nitrogen and oxygen atoms in total. The minimum Gasteiger partial charge on any atom is -0.396 e. The molecule has 4 rings (SSSR count). The van der Waals surface area contributed by atoms with Crippen LogP contribution in [0.1, 0.15) is 29.5 Å². The van der Waals surface area contributed by atoms with Crippen molar-refractivity contribution >= 4 is 29.3 Å². The summed E-state index contributed by atoms with van der Waals surface area (Å²) in [5, 5.41) is 29.1. The van der Waals surface area contributed by atoms with Gasteiger partial charge in [0.05, 0.1) is 22.5 Å². The molecule has 1 aliphatic heterocycles. The van der Waals surface area contributed by atoms with Crippen LogP contribution in [0.4, 0.5) is 11.5 Å². The fraction of sp³-hybridized carbons (Fsp3) is 0.280. The molecular formula is C25H27ClN6O3. The van der Waals surface area contributed by atoms with Crippen LogP contribution in [0, 0.1) is 22.7 Å². The standard InChI is InChI=1S/C19H15ClN6O.C6H12O2/c20-15-4-2-1-3-12(15)10-24-16-5-6-26(19(27)14(16)9-22)17-7-18(23)25-11-13(17)8-21;7-3-1-6-2-4-8-5-6/h1-7,9,11,22,24H,10H2,(H2,23,25);6-7H,1-5H2. The van der Waals surface area contributed by atoms with E-state index >= 15 is 0 Å². The minimum absolute atomic E-state index is 0.156. The van der Waals surface area contributed by atoms with Crippen molar-refractivity contribution in [3.63, 3.8) is 0 Å². The summed E-state index contributed by atoms with van der Waals surface area (Å²) in [6.07, 6.45) is 5.87. The number of nitrogens with two attached hydrogens (primary N) is 1. The molecule has 0 amide bonds. The van der Waals surface area contributed by atoms with E-state index in [4.69, 9.17) is 32.6 Å². The molecule has 1 atom stereocenters. The van der Waals surface area contributed by atoms with Gasteiger partial charge in [-0.25, -0.2) is 4.98 Å². The Hall–Kier alpha value is -3.71. The van der Waals surface area contributed by atoms with Gasteiger partial charge in [0, 0.05) is 56.1 Å². The first kappa shape index (κ1) is 25.9. The molecule has 0 bridgehead atoms. The summed E-state index contributed by atoms with van der Waals surface area (Å²) in [5.74, 6) is 0.827. The molecule has 0 aliphatic carbocycles. The lowest BCUT2D eigenvalue weighted by Crippen LogP contribution is -2.24. The number of rotatable bonds is 7. The number of nitrogens with one attached hydrogen (secondary N) is 2. The summed E-state index contributed by atoms with van der Waals surface area (Å²) in [6.45, 7) is 2.47. The topological polar surface area (TPSA) is 150 Å². The van der Waals surface area contributed by atoms with Crippen LogP contribution in [0.5, 0.6) is 0 Å². The third-order valence-electron chi connectivity index (χ3n) is 5.55. The zero-order chi connectivity index (χ0) is 25.2. The Labute approximate surface area is 208 Å². The minimum atomic E-state index is -0.448. The summed E-state index contributed by atoms with van der Waals surface area (Å²) in [7, 11) is 0. The first-order valence-corrected chi connectivity index (χ1v) is 11.4. The molecule has 1 aliphatic rings. The highest BCUT2D eigenvalue weighted by atomic mass is 35.5. The van der Waals surface area contributed by atoms with Crippen LogP contribution in [0.25, 0.3) is 5.69 Å². The van der Waals surface area contributed by atoms with Crippen molar-refractivity contribution in [2.75, 3.05) is 30.9 Å². The van der Waals surface area contributed by atoms with Gasteiger partial charge in [0.1, 0.15) is 11.9 Å². The molecule has 1 aromatic carbocycles. The van der Waals surface area contributed by atoms with Crippen LogP contribution in [0.2, 0.25) is 5.02 Å². The van der Waals surface area contributed by atoms with Crippen LogP contribution in [-0.4, -0.2) is 40.7 Å². The van der Waals surface area contributed by atoms with Crippen molar-refractivity contribution < 1.29 is 9.84 Å². The van der Waals surface area contributed by atoms with Crippen molar-refractivity contribution in [1.29, 1.82) is 10.7 Å². The Morgan fingerprint density at radius 3 is 2.86 bits per heavy atom. The van der Waals surface area contributed by atoms with E-state index in [1.165, 1.54) is 23.0 Å². The Balaban J connectivity index is 0.000000363. The van der Waals surface area contributed by atoms with E-state index < -0.39 is 5.56 Å². The molecule has 0 saturated carbocycles. The number of nitrogen functional groups attached to an aromatic ring is 1. The SMILES string of the molecule is N#Cc1cnc(N)cc1-n1ccc(NCc2ccccc2Cl)c(C=N)c1=O.OCCC1CCOC1. The Kier molecular flexibility index (Phi) is 9.38. The predicted molar refractivity (Wildman–Crippen MR) is 136 cm³/mol. The summed E-state index contributed by atoms with van der Waals surface area (Å²) in [4.78, 5) is 16.7. The van der Waals surface area contributed by atoms with Crippen LogP contribution >= 0.6 is 11.6 Å². The number of pyridine rings is 2. The number of benzene rings is 1. The van der Waals surface area contributed by atoms with Gasteiger partial charge in [0.2, 0.25) is 0 Å². The molecule has 10 heteroatoms. The Morgan fingerprint density at radius 2 is 2.20 bits per heavy atom. The number of aliphatic hydroxyl groups is 1. The first-order chi connectivity index (χ1) is 17.0. The average molecular weight is 495 g/mol. The molecule has 35 heavy (non-hydrogen) atoms. The lowest BCUT2D eigenvalue weighted by Gasteiger charge is -2.14. The van der Waals surface area contributed by atoms with Crippen molar-refractivity contribution in [2.45, 2.75) is 19.4 Å². The van der Waals surface area contributed by atoms with Crippen molar-refractivity contribution in [3.8, 4) is 11.8 Å². The van der Waals surface area contributed by atoms with Gasteiger partial charge in [-0.3, -0.25) is 9.36 Å². The van der Waals surface area contributed by atoms with Crippen molar-refractivity contribution in [2.24, 2.45) is 5.92 Å². The first-order valence-electron chi connectivity index (χ1n) is 11.1. The Morgan fingerprint density at radius 1 is 1.40 bits per heavy atom. The van der Waals surface area contributed by atoms with Gasteiger partial charge < -0.3 is 26.3 Å². The number of aliphatic hydroxyl groups excluding tert-OH is 1. The van der Waals surface area contributed by atoms with E-state index in [1.807, 2.05) is 24.3 Å². The number of anilines is 2. The van der Waals surface area contributed by atoms with Gasteiger partial charge in [-0.05, 0) is 36.5 Å². The van der Waals surface area contributed by atoms with E-state index in [0.717, 1.165) is 37.8 Å². The fourth-order valence-electron chi connectivity index (χ4n) is 3.61. The van der Waals surface area contributed by atoms with Gasteiger partial charge in [0.25, 0.3) is 5.56 Å². The lowest BCUT2D eigenvalue weighted by molar-refractivity contribution is 0.175. The summed E-state index contributed by atoms with van der Waals surface area (Å²) >= 11 is 6.15. The molecule has 3 aromatic rings. The maximum atomic E-state index is 12.9. The molecule has 3 heterocycles. The number of halogens is 1. The van der Waals surface area contributed by atoms with Crippen LogP contribution in [0.15, 0.2) is 53.6 Å². The number of hydrogen-bond donors (Lipinski definition) is 4. The van der Waals surface area contributed by atoms with Crippen LogP contribution in [-0.2, 0) is 11.3 Å². The monoisotopic (exact) mass is 494 g/mol. The second-order valence-electron chi connectivity index (χ2n) is 7.89. The molecule has 1 fully saturated rings. The maximum absolute atomic E-state index is 12.9. The van der Waals surface area contributed by atoms with Crippen LogP contribution in [0.3, 0.4) is 0 Å². The lowest BCUT2D eigenvalue weighted by atomic mass is 10.1. The maximum Gasteiger partial charge on any atom is 0.266 e. The zero-order valence-corrected chi connectivity index (χ0v) is 19.8. The van der Waals surface area contributed by atoms with Crippen LogP contribution < -0.4 is 16.6 Å². The fourth-order valence-corrected chi connectivity index (χ4v) is 3.81. The largest absolute Gasteiger partial charge is 0.396 e. The normalized spacial score (nSPS) is 14.5. The number of ether oxygens (including phenoxy) is 1. The van der Waals surface area contributed by atoms with E-state index in [2.05, 4.69) is 10.3 Å². The van der Waals surface area contributed by atoms with Crippen molar-refractivity contribution in [3.05, 3.63) is 80.9 Å². The smallest absolute Gasteiger partial charge is 0.266 e. The number of aromatic nitrogens is 2. The highest BCUT2D eigenvalue weighted by Crippen LogP contribution is 2.20. The van der Waals surface area contributed by atoms with E-state index in [-0.39, 0.29) is 16.9 Å². The molecule has 0 spiro atoms. The molecular weight excluding hydrogens is 468 g/mol. The molecule has 182 valence electrons. The average Bonchev–Trinajstić information content (AvgIpc) is 3.37. The number of nitriles is 1. The summed E-state index contributed by atoms with van der Waals surface area (Å²) in [6, 6.07) is 12.5. The summed E-state index contributed by atoms with van der Waals surface area (Å²) in [5.41, 5.74) is 7.28. The van der Waals surface area contributed by atoms with Gasteiger partial charge in [-0.2, -0.15) is 5.26 Å². The molecule has 1 unspecified atom stereocenters.